The molecule has 1 aromatic carbocycles. The Labute approximate surface area is 253 Å². The highest BCUT2D eigenvalue weighted by atomic mass is 19.1. The number of rotatable bonds is 7. The molecule has 3 heterocycles. The number of anilines is 2. The summed E-state index contributed by atoms with van der Waals surface area (Å²) in [5.74, 6) is -1.31. The van der Waals surface area contributed by atoms with E-state index < -0.39 is 40.7 Å². The number of esters is 1. The first kappa shape index (κ1) is 32.1. The van der Waals surface area contributed by atoms with Gasteiger partial charge >= 0.3 is 18.2 Å². The Bertz CT molecular complexity index is 1600. The van der Waals surface area contributed by atoms with Gasteiger partial charge in [-0.25, -0.2) is 33.7 Å². The first-order valence-corrected chi connectivity index (χ1v) is 13.8. The number of carbonyl (C=O) groups is 4. The molecule has 15 heteroatoms. The molecule has 1 saturated heterocycles. The summed E-state index contributed by atoms with van der Waals surface area (Å²) >= 11 is 0. The lowest BCUT2D eigenvalue weighted by Gasteiger charge is -2.30. The van der Waals surface area contributed by atoms with Crippen LogP contribution in [0.4, 0.5) is 25.5 Å². The SMILES string of the molecule is COC(=O)[C@@]1(NC(=O)OC(C)(C)C)CCN(c2ccc(F)c(C=O)c2Cn2cnc3c(NC(=O)OC(C)(C)C)ncnc32)C1. The number of nitrogens with zero attached hydrogens (tertiary/aromatic N) is 5. The summed E-state index contributed by atoms with van der Waals surface area (Å²) < 4.78 is 32.2. The van der Waals surface area contributed by atoms with Crippen LogP contribution in [0, 0.1) is 5.82 Å². The van der Waals surface area contributed by atoms with E-state index in [1.807, 2.05) is 0 Å². The molecule has 1 aliphatic rings. The summed E-state index contributed by atoms with van der Waals surface area (Å²) in [6.07, 6.45) is 1.71. The van der Waals surface area contributed by atoms with Crippen LogP contribution in [-0.2, 0) is 25.5 Å². The van der Waals surface area contributed by atoms with Crippen LogP contribution in [0.5, 0.6) is 0 Å². The smallest absolute Gasteiger partial charge is 0.413 e. The van der Waals surface area contributed by atoms with E-state index in [1.165, 1.54) is 31.9 Å². The minimum Gasteiger partial charge on any atom is -0.467 e. The third kappa shape index (κ3) is 7.03. The number of amides is 2. The van der Waals surface area contributed by atoms with Crippen LogP contribution in [0.2, 0.25) is 0 Å². The summed E-state index contributed by atoms with van der Waals surface area (Å²) in [7, 11) is 1.22. The van der Waals surface area contributed by atoms with Gasteiger partial charge in [-0.1, -0.05) is 0 Å². The van der Waals surface area contributed by atoms with Crippen LogP contribution < -0.4 is 15.5 Å². The molecule has 1 aliphatic heterocycles. The van der Waals surface area contributed by atoms with E-state index in [0.717, 1.165) is 0 Å². The van der Waals surface area contributed by atoms with Gasteiger partial charge in [0.2, 0.25) is 0 Å². The van der Waals surface area contributed by atoms with Gasteiger partial charge in [-0.2, -0.15) is 0 Å². The molecule has 2 amide bonds. The fourth-order valence-corrected chi connectivity index (χ4v) is 4.90. The van der Waals surface area contributed by atoms with Crippen molar-refractivity contribution >= 4 is 47.1 Å². The van der Waals surface area contributed by atoms with Crippen LogP contribution in [0.15, 0.2) is 24.8 Å². The molecule has 0 aliphatic carbocycles. The van der Waals surface area contributed by atoms with E-state index in [9.17, 15) is 23.6 Å². The van der Waals surface area contributed by atoms with Gasteiger partial charge in [0.15, 0.2) is 28.8 Å². The molecular weight excluding hydrogens is 577 g/mol. The van der Waals surface area contributed by atoms with Crippen molar-refractivity contribution in [2.24, 2.45) is 0 Å². The van der Waals surface area contributed by atoms with Crippen LogP contribution in [0.3, 0.4) is 0 Å². The first-order valence-electron chi connectivity index (χ1n) is 13.8. The molecule has 3 aromatic rings. The minimum atomic E-state index is -1.46. The number of hydrogen-bond donors (Lipinski definition) is 2. The number of fused-ring (bicyclic) bond motifs is 1. The Balaban J connectivity index is 1.68. The van der Waals surface area contributed by atoms with Crippen molar-refractivity contribution < 1.29 is 37.8 Å². The normalized spacial score (nSPS) is 16.9. The summed E-state index contributed by atoms with van der Waals surface area (Å²) in [6.45, 7) is 10.4. The number of benzene rings is 1. The van der Waals surface area contributed by atoms with Gasteiger partial charge in [-0.3, -0.25) is 10.1 Å². The van der Waals surface area contributed by atoms with E-state index >= 15 is 0 Å². The number of aromatic nitrogens is 4. The second kappa shape index (κ2) is 12.1. The zero-order chi connectivity index (χ0) is 32.4. The van der Waals surface area contributed by atoms with Gasteiger partial charge in [0.1, 0.15) is 23.3 Å². The molecule has 2 N–H and O–H groups in total. The van der Waals surface area contributed by atoms with E-state index in [2.05, 4.69) is 25.6 Å². The van der Waals surface area contributed by atoms with Gasteiger partial charge in [-0.15, -0.1) is 0 Å². The Hall–Kier alpha value is -4.82. The van der Waals surface area contributed by atoms with Gasteiger partial charge < -0.3 is 29.0 Å². The predicted molar refractivity (Wildman–Crippen MR) is 157 cm³/mol. The van der Waals surface area contributed by atoms with Gasteiger partial charge in [0.25, 0.3) is 0 Å². The highest BCUT2D eigenvalue weighted by Crippen LogP contribution is 2.34. The largest absolute Gasteiger partial charge is 0.467 e. The van der Waals surface area contributed by atoms with Crippen LogP contribution in [0.1, 0.15) is 63.9 Å². The Kier molecular flexibility index (Phi) is 8.79. The van der Waals surface area contributed by atoms with Crippen LogP contribution in [0.25, 0.3) is 11.2 Å². The number of alkyl carbamates (subject to hydrolysis) is 1. The van der Waals surface area contributed by atoms with Crippen molar-refractivity contribution in [2.75, 3.05) is 30.4 Å². The van der Waals surface area contributed by atoms with Crippen molar-refractivity contribution in [2.45, 2.75) is 71.2 Å². The topological polar surface area (TPSA) is 167 Å². The van der Waals surface area contributed by atoms with E-state index in [-0.39, 0.29) is 48.5 Å². The second-order valence-electron chi connectivity index (χ2n) is 12.3. The monoisotopic (exact) mass is 613 g/mol. The average Bonchev–Trinajstić information content (AvgIpc) is 3.52. The van der Waals surface area contributed by atoms with Gasteiger partial charge in [0, 0.05) is 24.2 Å². The average molecular weight is 614 g/mol. The highest BCUT2D eigenvalue weighted by Gasteiger charge is 2.48. The number of imidazole rings is 1. The van der Waals surface area contributed by atoms with E-state index in [0.29, 0.717) is 17.6 Å². The number of ether oxygens (including phenoxy) is 3. The standard InChI is InChI=1S/C29H36FN7O7/c1-27(2,3)43-25(40)34-22-21-23(32-15-31-22)37(16-33-21)12-17-18(13-38)19(30)8-9-20(17)36-11-10-29(14-36,24(39)42-7)35-26(41)44-28(4,5)6/h8-9,13,15-16H,10-12,14H2,1-7H3,(H,35,41)(H,31,32,34,40)/t29-/m1/s1. The molecule has 1 atom stereocenters. The molecule has 0 radical (unpaired) electrons. The maximum absolute atomic E-state index is 15.0. The van der Waals surface area contributed by atoms with Gasteiger partial charge in [0.05, 0.1) is 32.1 Å². The number of hydrogen-bond acceptors (Lipinski definition) is 11. The Morgan fingerprint density at radius 2 is 1.73 bits per heavy atom. The number of nitrogens with one attached hydrogen (secondary N) is 2. The third-order valence-corrected chi connectivity index (χ3v) is 6.67. The van der Waals surface area contributed by atoms with Crippen molar-refractivity contribution in [3.05, 3.63) is 41.7 Å². The molecule has 0 unspecified atom stereocenters. The molecule has 236 valence electrons. The van der Waals surface area contributed by atoms with Crippen LogP contribution >= 0.6 is 0 Å². The number of carbonyl (C=O) groups excluding carboxylic acids is 4. The molecule has 0 saturated carbocycles. The second-order valence-corrected chi connectivity index (χ2v) is 12.3. The van der Waals surface area contributed by atoms with Crippen molar-refractivity contribution in [3.63, 3.8) is 0 Å². The molecule has 14 nitrogen and oxygen atoms in total. The number of aldehydes is 1. The molecule has 4 rings (SSSR count). The molecule has 2 aromatic heterocycles. The summed E-state index contributed by atoms with van der Waals surface area (Å²) in [5.41, 5.74) is -1.90. The minimum absolute atomic E-state index is 0.0351. The molecule has 0 spiro atoms. The third-order valence-electron chi connectivity index (χ3n) is 6.67. The Morgan fingerprint density at radius 3 is 2.36 bits per heavy atom. The lowest BCUT2D eigenvalue weighted by Crippen LogP contribution is -2.57. The highest BCUT2D eigenvalue weighted by molar-refractivity contribution is 5.93. The van der Waals surface area contributed by atoms with Crippen molar-refractivity contribution in [3.8, 4) is 0 Å². The fraction of sp³-hybridized carbons (Fsp3) is 0.483. The molecular formula is C29H36FN7O7. The molecule has 44 heavy (non-hydrogen) atoms. The van der Waals surface area contributed by atoms with Gasteiger partial charge in [-0.05, 0) is 53.7 Å². The number of methoxy groups -OCH3 is 1. The Morgan fingerprint density at radius 1 is 1.05 bits per heavy atom. The van der Waals surface area contributed by atoms with Crippen molar-refractivity contribution in [1.29, 1.82) is 0 Å². The zero-order valence-electron chi connectivity index (χ0n) is 25.7. The maximum atomic E-state index is 15.0. The lowest BCUT2D eigenvalue weighted by atomic mass is 9.99. The molecule has 1 fully saturated rings. The van der Waals surface area contributed by atoms with Crippen molar-refractivity contribution in [1.82, 2.24) is 24.8 Å². The first-order chi connectivity index (χ1) is 20.6. The summed E-state index contributed by atoms with van der Waals surface area (Å²) in [6, 6.07) is 2.67. The zero-order valence-corrected chi connectivity index (χ0v) is 25.7. The lowest BCUT2D eigenvalue weighted by molar-refractivity contribution is -0.147. The summed E-state index contributed by atoms with van der Waals surface area (Å²) in [4.78, 5) is 64.6. The number of halogens is 1. The summed E-state index contributed by atoms with van der Waals surface area (Å²) in [5, 5.41) is 5.23. The fourth-order valence-electron chi connectivity index (χ4n) is 4.90. The maximum Gasteiger partial charge on any atom is 0.413 e. The molecule has 0 bridgehead atoms. The van der Waals surface area contributed by atoms with E-state index in [4.69, 9.17) is 14.2 Å². The quantitative estimate of drug-likeness (QED) is 0.226. The van der Waals surface area contributed by atoms with E-state index in [1.54, 1.807) is 51.0 Å². The van der Waals surface area contributed by atoms with Crippen LogP contribution in [-0.4, -0.2) is 80.9 Å². The predicted octanol–water partition coefficient (Wildman–Crippen LogP) is 3.82.